The standard InChI is InChI=1S/C34H41BrN6O9S/c1-6-20-16-34(20,31(45)40-51(47,48)23-10-11-23)39-28(43)26-15-22(49-29-24-14-21(35)9-8-19(24)12-13-36-29)18-41(26)30(44)25(17-37-27(42)7-2)38-32(46)50-33(3,4)5/h6-9,12-14,20,22-23,25-26H,1-2,10-11,15-18H2,3-5H3,(H,37,42)(H,38,46)(H,39,43)(H,40,45)/t20-,22-,25-,26+,34-/m1/s1. The molecule has 1 aliphatic heterocycles. The van der Waals surface area contributed by atoms with Crippen molar-refractivity contribution in [3.05, 3.63) is 60.2 Å². The number of benzene rings is 1. The van der Waals surface area contributed by atoms with Crippen LogP contribution in [0.5, 0.6) is 5.88 Å². The Bertz CT molecular complexity index is 1880. The van der Waals surface area contributed by atoms with Crippen molar-refractivity contribution in [2.75, 3.05) is 13.1 Å². The largest absolute Gasteiger partial charge is 0.472 e. The lowest BCUT2D eigenvalue weighted by atomic mass is 10.1. The molecule has 1 aromatic carbocycles. The van der Waals surface area contributed by atoms with Crippen molar-refractivity contribution in [1.29, 1.82) is 0 Å². The van der Waals surface area contributed by atoms with E-state index in [0.29, 0.717) is 18.2 Å². The maximum atomic E-state index is 14.3. The number of pyridine rings is 1. The van der Waals surface area contributed by atoms with Gasteiger partial charge in [0.1, 0.15) is 29.3 Å². The van der Waals surface area contributed by atoms with Gasteiger partial charge in [-0.3, -0.25) is 23.9 Å². The van der Waals surface area contributed by atoms with Gasteiger partial charge < -0.3 is 30.3 Å². The number of hydrogen-bond acceptors (Lipinski definition) is 10. The van der Waals surface area contributed by atoms with E-state index in [1.54, 1.807) is 33.0 Å². The number of carbonyl (C=O) groups excluding carboxylic acids is 5. The summed E-state index contributed by atoms with van der Waals surface area (Å²) in [4.78, 5) is 72.3. The minimum absolute atomic E-state index is 0.0569. The van der Waals surface area contributed by atoms with Gasteiger partial charge >= 0.3 is 6.09 Å². The van der Waals surface area contributed by atoms with Gasteiger partial charge in [-0.05, 0) is 69.7 Å². The van der Waals surface area contributed by atoms with E-state index in [-0.39, 0.29) is 31.8 Å². The molecule has 1 saturated heterocycles. The molecule has 0 bridgehead atoms. The van der Waals surface area contributed by atoms with Crippen molar-refractivity contribution in [3.63, 3.8) is 0 Å². The number of amides is 5. The molecule has 2 aromatic rings. The molecule has 2 heterocycles. The minimum Gasteiger partial charge on any atom is -0.472 e. The number of aromatic nitrogens is 1. The lowest BCUT2D eigenvalue weighted by molar-refractivity contribution is -0.141. The minimum atomic E-state index is -3.93. The Morgan fingerprint density at radius 2 is 1.88 bits per heavy atom. The molecule has 0 radical (unpaired) electrons. The molecule has 17 heteroatoms. The summed E-state index contributed by atoms with van der Waals surface area (Å²) in [6.45, 7) is 11.5. The van der Waals surface area contributed by atoms with Crippen LogP contribution in [0.25, 0.3) is 10.8 Å². The van der Waals surface area contributed by atoms with Crippen LogP contribution in [0.4, 0.5) is 4.79 Å². The van der Waals surface area contributed by atoms with E-state index in [4.69, 9.17) is 9.47 Å². The topological polar surface area (TPSA) is 202 Å². The summed E-state index contributed by atoms with van der Waals surface area (Å²) < 4.78 is 39.8. The zero-order chi connectivity index (χ0) is 37.3. The molecule has 51 heavy (non-hydrogen) atoms. The van der Waals surface area contributed by atoms with Crippen LogP contribution in [0.15, 0.2) is 60.2 Å². The molecule has 5 atom stereocenters. The van der Waals surface area contributed by atoms with Gasteiger partial charge in [-0.1, -0.05) is 34.7 Å². The number of alkyl carbamates (subject to hydrolysis) is 1. The fourth-order valence-corrected chi connectivity index (χ4v) is 7.61. The number of nitrogens with zero attached hydrogens (tertiary/aromatic N) is 2. The third kappa shape index (κ3) is 8.87. The van der Waals surface area contributed by atoms with Crippen molar-refractivity contribution in [3.8, 4) is 5.88 Å². The van der Waals surface area contributed by atoms with Crippen LogP contribution in [0.2, 0.25) is 0 Å². The van der Waals surface area contributed by atoms with Gasteiger partial charge in [0, 0.05) is 34.9 Å². The van der Waals surface area contributed by atoms with Crippen LogP contribution < -0.4 is 25.4 Å². The highest BCUT2D eigenvalue weighted by molar-refractivity contribution is 9.10. The monoisotopic (exact) mass is 788 g/mol. The Balaban J connectivity index is 1.44. The number of ether oxygens (including phenoxy) is 2. The lowest BCUT2D eigenvalue weighted by Gasteiger charge is -2.30. The van der Waals surface area contributed by atoms with Crippen molar-refractivity contribution in [2.45, 2.75) is 81.0 Å². The second-order valence-electron chi connectivity index (χ2n) is 13.8. The summed E-state index contributed by atoms with van der Waals surface area (Å²) in [6.07, 6.45) is 3.20. The molecule has 2 saturated carbocycles. The van der Waals surface area contributed by atoms with Gasteiger partial charge in [0.2, 0.25) is 33.6 Å². The first-order valence-electron chi connectivity index (χ1n) is 16.4. The molecule has 274 valence electrons. The molecule has 4 N–H and O–H groups in total. The smallest absolute Gasteiger partial charge is 0.408 e. The van der Waals surface area contributed by atoms with Gasteiger partial charge in [-0.15, -0.1) is 6.58 Å². The maximum Gasteiger partial charge on any atom is 0.408 e. The molecule has 5 rings (SSSR count). The molecule has 3 aliphatic rings. The zero-order valence-corrected chi connectivity index (χ0v) is 30.8. The van der Waals surface area contributed by atoms with Gasteiger partial charge in [0.05, 0.1) is 11.8 Å². The van der Waals surface area contributed by atoms with Crippen molar-refractivity contribution in [2.24, 2.45) is 5.92 Å². The number of carbonyl (C=O) groups is 5. The Hall–Kier alpha value is -4.51. The second kappa shape index (κ2) is 14.6. The number of likely N-dealkylation sites (tertiary alicyclic amines) is 1. The number of hydrogen-bond donors (Lipinski definition) is 4. The number of fused-ring (bicyclic) bond motifs is 1. The van der Waals surface area contributed by atoms with Gasteiger partial charge in [-0.25, -0.2) is 18.2 Å². The molecule has 3 fully saturated rings. The van der Waals surface area contributed by atoms with Crippen molar-refractivity contribution >= 4 is 66.4 Å². The molecule has 15 nitrogen and oxygen atoms in total. The second-order valence-corrected chi connectivity index (χ2v) is 16.7. The normalized spacial score (nSPS) is 23.4. The van der Waals surface area contributed by atoms with Crippen molar-refractivity contribution < 1.29 is 41.9 Å². The van der Waals surface area contributed by atoms with Crippen LogP contribution in [0.1, 0.15) is 46.5 Å². The molecular formula is C34H41BrN6O9S. The van der Waals surface area contributed by atoms with Gasteiger partial charge in [0.25, 0.3) is 5.91 Å². The molecular weight excluding hydrogens is 748 g/mol. The molecule has 5 amide bonds. The molecule has 0 spiro atoms. The van der Waals surface area contributed by atoms with Crippen LogP contribution in [-0.2, 0) is 33.9 Å². The molecule has 2 aliphatic carbocycles. The highest BCUT2D eigenvalue weighted by Crippen LogP contribution is 2.45. The third-order valence-electron chi connectivity index (χ3n) is 8.72. The Kier molecular flexibility index (Phi) is 10.8. The number of halogens is 1. The van der Waals surface area contributed by atoms with Crippen LogP contribution in [0.3, 0.4) is 0 Å². The quantitative estimate of drug-likeness (QED) is 0.172. The van der Waals surface area contributed by atoms with E-state index in [9.17, 15) is 32.4 Å². The average Bonchev–Trinajstić information content (AvgIpc) is 3.98. The van der Waals surface area contributed by atoms with Crippen LogP contribution >= 0.6 is 15.9 Å². The maximum absolute atomic E-state index is 14.3. The Morgan fingerprint density at radius 1 is 1.16 bits per heavy atom. The summed E-state index contributed by atoms with van der Waals surface area (Å²) in [7, 11) is -3.93. The Morgan fingerprint density at radius 3 is 2.51 bits per heavy atom. The first kappa shape index (κ1) is 37.7. The molecule has 1 aromatic heterocycles. The zero-order valence-electron chi connectivity index (χ0n) is 28.4. The number of nitrogens with one attached hydrogen (secondary N) is 4. The predicted molar refractivity (Wildman–Crippen MR) is 190 cm³/mol. The summed E-state index contributed by atoms with van der Waals surface area (Å²) in [5.41, 5.74) is -2.52. The van der Waals surface area contributed by atoms with E-state index in [2.05, 4.69) is 54.7 Å². The summed E-state index contributed by atoms with van der Waals surface area (Å²) in [5.74, 6) is -3.32. The summed E-state index contributed by atoms with van der Waals surface area (Å²) in [6, 6.07) is 4.72. The molecule has 0 unspecified atom stereocenters. The number of rotatable bonds is 13. The van der Waals surface area contributed by atoms with Crippen LogP contribution in [0, 0.1) is 5.92 Å². The first-order chi connectivity index (χ1) is 24.0. The van der Waals surface area contributed by atoms with Crippen molar-refractivity contribution in [1.82, 2.24) is 30.6 Å². The van der Waals surface area contributed by atoms with E-state index in [1.165, 1.54) is 11.0 Å². The fourth-order valence-electron chi connectivity index (χ4n) is 5.88. The summed E-state index contributed by atoms with van der Waals surface area (Å²) in [5, 5.41) is 8.54. The average molecular weight is 790 g/mol. The van der Waals surface area contributed by atoms with E-state index < -0.39 is 80.2 Å². The first-order valence-corrected chi connectivity index (χ1v) is 18.7. The Labute approximate surface area is 304 Å². The summed E-state index contributed by atoms with van der Waals surface area (Å²) >= 11 is 3.46. The van der Waals surface area contributed by atoms with Gasteiger partial charge in [0.15, 0.2) is 0 Å². The lowest BCUT2D eigenvalue weighted by Crippen LogP contribution is -2.59. The van der Waals surface area contributed by atoms with Crippen LogP contribution in [-0.4, -0.2) is 95.7 Å². The SMILES string of the molecule is C=CC(=O)NC[C@@H](NC(=O)OC(C)(C)C)C(=O)N1C[C@H](Oc2nccc3ccc(Br)cc23)C[C@H]1C(=O)N[C@]1(C(=O)NS(=O)(=O)C2CC2)C[C@H]1C=C. The van der Waals surface area contributed by atoms with Gasteiger partial charge in [-0.2, -0.15) is 0 Å². The third-order valence-corrected chi connectivity index (χ3v) is 11.0. The van der Waals surface area contributed by atoms with E-state index in [0.717, 1.165) is 15.9 Å². The highest BCUT2D eigenvalue weighted by Gasteiger charge is 2.62. The van der Waals surface area contributed by atoms with E-state index >= 15 is 0 Å². The van der Waals surface area contributed by atoms with E-state index in [1.807, 2.05) is 18.2 Å². The fraction of sp³-hybridized carbons (Fsp3) is 0.471. The number of sulfonamides is 1. The highest BCUT2D eigenvalue weighted by atomic mass is 79.9. The predicted octanol–water partition coefficient (Wildman–Crippen LogP) is 2.21.